The predicted molar refractivity (Wildman–Crippen MR) is 33.1 cm³/mol. The number of rotatable bonds is 0. The fourth-order valence-electron chi connectivity index (χ4n) is 0.813. The van der Waals surface area contributed by atoms with Crippen molar-refractivity contribution in [1.82, 2.24) is 4.98 Å². The summed E-state index contributed by atoms with van der Waals surface area (Å²) in [4.78, 5) is 4.06. The minimum absolute atomic E-state index is 0.987. The minimum atomic E-state index is 0.987. The first-order valence-electron chi connectivity index (χ1n) is 2.74. The molecule has 0 aliphatic carbocycles. The summed E-state index contributed by atoms with van der Waals surface area (Å²) in [6, 6.07) is 3.76. The molecule has 0 atom stereocenters. The van der Waals surface area contributed by atoms with Gasteiger partial charge in [-0.1, -0.05) is 0 Å². The molecule has 0 unspecified atom stereocenters. The van der Waals surface area contributed by atoms with E-state index in [1.807, 2.05) is 12.1 Å². The maximum Gasteiger partial charge on any atom is 0.0996 e. The molecular weight excluding hydrogens is 114 g/mol. The third-order valence-electron chi connectivity index (χ3n) is 1.26. The summed E-state index contributed by atoms with van der Waals surface area (Å²) < 4.78 is 4.91. The van der Waals surface area contributed by atoms with Crippen molar-refractivity contribution in [2.75, 3.05) is 0 Å². The van der Waals surface area contributed by atoms with Crippen LogP contribution in [0.3, 0.4) is 0 Å². The lowest BCUT2D eigenvalue weighted by molar-refractivity contribution is 0.551. The number of hydrogen-bond acceptors (Lipinski definition) is 2. The van der Waals surface area contributed by atoms with Gasteiger partial charge in [-0.15, -0.1) is 0 Å². The van der Waals surface area contributed by atoms with Crippen LogP contribution < -0.4 is 0 Å². The summed E-state index contributed by atoms with van der Waals surface area (Å²) in [5.74, 6) is 0. The lowest BCUT2D eigenvalue weighted by Gasteiger charge is -1.90. The summed E-state index contributed by atoms with van der Waals surface area (Å²) in [6.45, 7) is 0. The molecule has 0 aromatic heterocycles. The van der Waals surface area contributed by atoms with Crippen molar-refractivity contribution in [3.63, 3.8) is 0 Å². The van der Waals surface area contributed by atoms with Crippen molar-refractivity contribution < 1.29 is 4.42 Å². The number of hydrogen-bond donors (Lipinski definition) is 0. The van der Waals surface area contributed by atoms with Gasteiger partial charge in [0.05, 0.1) is 18.2 Å². The molecule has 0 aromatic rings. The predicted octanol–water partition coefficient (Wildman–Crippen LogP) is 1.78. The maximum absolute atomic E-state index is 4.91. The molecule has 2 rings (SSSR count). The van der Waals surface area contributed by atoms with Gasteiger partial charge >= 0.3 is 0 Å². The first-order chi connectivity index (χ1) is 4.47. The molecule has 0 saturated carbocycles. The van der Waals surface area contributed by atoms with E-state index < -0.39 is 0 Å². The first-order valence-corrected chi connectivity index (χ1v) is 2.74. The van der Waals surface area contributed by atoms with E-state index in [2.05, 4.69) is 4.98 Å². The van der Waals surface area contributed by atoms with Crippen LogP contribution in [0.15, 0.2) is 35.3 Å². The van der Waals surface area contributed by atoms with Crippen molar-refractivity contribution in [1.29, 1.82) is 0 Å². The third-order valence-corrected chi connectivity index (χ3v) is 1.26. The third kappa shape index (κ3) is 0.598. The summed E-state index contributed by atoms with van der Waals surface area (Å²) in [5.41, 5.74) is 2.04. The van der Waals surface area contributed by atoms with Gasteiger partial charge in [0.25, 0.3) is 0 Å². The summed E-state index contributed by atoms with van der Waals surface area (Å²) in [5, 5.41) is 0. The van der Waals surface area contributed by atoms with E-state index in [0.717, 1.165) is 11.3 Å². The fraction of sp³-hybridized carbons (Fsp3) is 0. The molecule has 9 heavy (non-hydrogen) atoms. The van der Waals surface area contributed by atoms with Crippen LogP contribution in [0.4, 0.5) is 0 Å². The molecule has 2 heterocycles. The molecule has 44 valence electrons. The molecule has 0 N–H and O–H groups in total. The van der Waals surface area contributed by atoms with E-state index in [0.29, 0.717) is 0 Å². The van der Waals surface area contributed by atoms with E-state index in [-0.39, 0.29) is 0 Å². The maximum atomic E-state index is 4.91. The van der Waals surface area contributed by atoms with Gasteiger partial charge in [-0.2, -0.15) is 0 Å². The Labute approximate surface area is 52.5 Å². The van der Waals surface area contributed by atoms with Crippen LogP contribution in [0, 0.1) is 0 Å². The lowest BCUT2D eigenvalue weighted by atomic mass is 10.2. The zero-order chi connectivity index (χ0) is 6.10. The second kappa shape index (κ2) is 1.58. The molecule has 2 nitrogen and oxygen atoms in total. The first kappa shape index (κ1) is 4.56. The summed E-state index contributed by atoms with van der Waals surface area (Å²) in [7, 11) is 0. The Morgan fingerprint density at radius 1 is 1.33 bits per heavy atom. The van der Waals surface area contributed by atoms with Crippen molar-refractivity contribution in [2.24, 2.45) is 0 Å². The highest BCUT2D eigenvalue weighted by Crippen LogP contribution is 2.17. The number of aromatic nitrogens is 1. The average Bonchev–Trinajstić information content (AvgIpc) is 2.33. The van der Waals surface area contributed by atoms with Crippen LogP contribution in [-0.4, -0.2) is 4.98 Å². The molecule has 0 radical (unpaired) electrons. The molecule has 2 aliphatic rings. The zero-order valence-corrected chi connectivity index (χ0v) is 4.74. The van der Waals surface area contributed by atoms with Gasteiger partial charge < -0.3 is 4.42 Å². The highest BCUT2D eigenvalue weighted by molar-refractivity contribution is 5.58. The topological polar surface area (TPSA) is 26.0 Å². The quantitative estimate of drug-likeness (QED) is 0.528. The number of nitrogens with zero attached hydrogens (tertiary/aromatic N) is 1. The molecule has 0 bridgehead atoms. The van der Waals surface area contributed by atoms with Crippen LogP contribution in [0.2, 0.25) is 0 Å². The van der Waals surface area contributed by atoms with Crippen LogP contribution in [-0.2, 0) is 0 Å². The van der Waals surface area contributed by atoms with E-state index in [9.17, 15) is 0 Å². The highest BCUT2D eigenvalue weighted by atomic mass is 16.3. The van der Waals surface area contributed by atoms with Crippen LogP contribution in [0.1, 0.15) is 0 Å². The second-order valence-corrected chi connectivity index (χ2v) is 1.84. The minimum Gasteiger partial charge on any atom is -0.472 e. The molecule has 2 heteroatoms. The monoisotopic (exact) mass is 119 g/mol. The Kier molecular flexibility index (Phi) is 0.803. The Bertz CT molecular complexity index is 249. The van der Waals surface area contributed by atoms with E-state index in [1.165, 1.54) is 0 Å². The van der Waals surface area contributed by atoms with E-state index in [1.54, 1.807) is 18.7 Å². The molecule has 0 fully saturated rings. The van der Waals surface area contributed by atoms with Gasteiger partial charge in [0.1, 0.15) is 0 Å². The van der Waals surface area contributed by atoms with Crippen molar-refractivity contribution in [3.05, 3.63) is 30.9 Å². The normalized spacial score (nSPS) is 10.2. The van der Waals surface area contributed by atoms with E-state index >= 15 is 0 Å². The highest BCUT2D eigenvalue weighted by Gasteiger charge is 1.99. The lowest BCUT2D eigenvalue weighted by Crippen LogP contribution is -1.71. The van der Waals surface area contributed by atoms with Crippen LogP contribution >= 0.6 is 0 Å². The van der Waals surface area contributed by atoms with E-state index in [4.69, 9.17) is 4.42 Å². The Morgan fingerprint density at radius 3 is 3.22 bits per heavy atom. The smallest absolute Gasteiger partial charge is 0.0996 e. The Balaban J connectivity index is 2.79. The van der Waals surface area contributed by atoms with Crippen molar-refractivity contribution in [2.45, 2.75) is 0 Å². The molecular formula is C7H5NO. The average molecular weight is 119 g/mol. The van der Waals surface area contributed by atoms with Gasteiger partial charge in [-0.25, -0.2) is 0 Å². The Morgan fingerprint density at radius 2 is 2.33 bits per heavy atom. The van der Waals surface area contributed by atoms with Gasteiger partial charge in [-0.05, 0) is 12.1 Å². The second-order valence-electron chi connectivity index (χ2n) is 1.84. The van der Waals surface area contributed by atoms with Gasteiger partial charge in [0.2, 0.25) is 0 Å². The summed E-state index contributed by atoms with van der Waals surface area (Å²) in [6.07, 6.45) is 5.07. The van der Waals surface area contributed by atoms with Crippen LogP contribution in [0.25, 0.3) is 11.3 Å². The summed E-state index contributed by atoms with van der Waals surface area (Å²) >= 11 is 0. The largest absolute Gasteiger partial charge is 0.472 e. The SMILES string of the molecule is c1cc2coccc-2n1. The molecule has 0 spiro atoms. The van der Waals surface area contributed by atoms with Gasteiger partial charge in [0, 0.05) is 11.8 Å². The Hall–Kier alpha value is -1.31. The van der Waals surface area contributed by atoms with Gasteiger partial charge in [0.15, 0.2) is 0 Å². The van der Waals surface area contributed by atoms with Crippen molar-refractivity contribution >= 4 is 0 Å². The molecule has 0 saturated heterocycles. The fourth-order valence-corrected chi connectivity index (χ4v) is 0.813. The van der Waals surface area contributed by atoms with Gasteiger partial charge in [-0.3, -0.25) is 4.98 Å². The zero-order valence-electron chi connectivity index (χ0n) is 4.74. The standard InChI is InChI=1S/C7H5NO/c1-3-8-7-2-4-9-5-6(1)7/h1-5H. The molecule has 0 aromatic carbocycles. The molecule has 2 aliphatic heterocycles. The molecule has 0 amide bonds. The van der Waals surface area contributed by atoms with Crippen molar-refractivity contribution in [3.8, 4) is 11.3 Å². The number of fused-ring (bicyclic) bond motifs is 1. The van der Waals surface area contributed by atoms with Crippen LogP contribution in [0.5, 0.6) is 0 Å².